The van der Waals surface area contributed by atoms with Crippen LogP contribution in [0, 0.1) is 5.92 Å². The number of hydrogen-bond acceptors (Lipinski definition) is 5. The summed E-state index contributed by atoms with van der Waals surface area (Å²) in [5.74, 6) is 1.20. The van der Waals surface area contributed by atoms with Crippen LogP contribution in [0.5, 0.6) is 0 Å². The molecule has 3 rings (SSSR count). The lowest BCUT2D eigenvalue weighted by Crippen LogP contribution is -2.35. The average molecular weight is 345 g/mol. The Morgan fingerprint density at radius 1 is 1.25 bits per heavy atom. The summed E-state index contributed by atoms with van der Waals surface area (Å²) in [5, 5.41) is 9.48. The average Bonchev–Trinajstić information content (AvgIpc) is 3.32. The van der Waals surface area contributed by atoms with Crippen LogP contribution in [0.15, 0.2) is 29.7 Å². The second kappa shape index (κ2) is 6.93. The van der Waals surface area contributed by atoms with Gasteiger partial charge in [-0.05, 0) is 30.9 Å². The van der Waals surface area contributed by atoms with Crippen LogP contribution in [0.25, 0.3) is 11.4 Å². The van der Waals surface area contributed by atoms with Gasteiger partial charge in [-0.15, -0.1) is 10.2 Å². The van der Waals surface area contributed by atoms with Crippen molar-refractivity contribution in [2.75, 3.05) is 14.1 Å². The summed E-state index contributed by atoms with van der Waals surface area (Å²) in [7, 11) is 3.60. The van der Waals surface area contributed by atoms with Gasteiger partial charge in [0.2, 0.25) is 5.91 Å². The van der Waals surface area contributed by atoms with Gasteiger partial charge < -0.3 is 4.90 Å². The van der Waals surface area contributed by atoms with Crippen LogP contribution in [-0.2, 0) is 4.79 Å². The van der Waals surface area contributed by atoms with Crippen molar-refractivity contribution in [3.05, 3.63) is 24.5 Å². The van der Waals surface area contributed by atoms with E-state index in [1.165, 1.54) is 11.8 Å². The van der Waals surface area contributed by atoms with Crippen LogP contribution in [0.4, 0.5) is 0 Å². The molecule has 0 saturated heterocycles. The maximum Gasteiger partial charge on any atom is 0.235 e. The van der Waals surface area contributed by atoms with Crippen molar-refractivity contribution in [2.45, 2.75) is 43.1 Å². The number of rotatable bonds is 6. The number of hydrogen-bond donors (Lipinski definition) is 0. The number of aromatic nitrogens is 4. The zero-order valence-electron chi connectivity index (χ0n) is 14.5. The van der Waals surface area contributed by atoms with Crippen LogP contribution in [0.2, 0.25) is 0 Å². The van der Waals surface area contributed by atoms with Crippen LogP contribution in [0.3, 0.4) is 0 Å². The minimum absolute atomic E-state index is 0.116. The normalized spacial score (nSPS) is 15.5. The third kappa shape index (κ3) is 3.45. The number of carbonyl (C=O) groups excluding carboxylic acids is 1. The molecule has 1 aliphatic carbocycles. The summed E-state index contributed by atoms with van der Waals surface area (Å²) in [4.78, 5) is 18.2. The van der Waals surface area contributed by atoms with Gasteiger partial charge in [0, 0.05) is 38.1 Å². The second-order valence-corrected chi connectivity index (χ2v) is 7.77. The highest BCUT2D eigenvalue weighted by Gasteiger charge is 2.33. The Labute approximate surface area is 146 Å². The Hall–Kier alpha value is -1.89. The van der Waals surface area contributed by atoms with Gasteiger partial charge in [-0.25, -0.2) is 0 Å². The molecule has 0 unspecified atom stereocenters. The fourth-order valence-electron chi connectivity index (χ4n) is 2.56. The molecule has 0 bridgehead atoms. The van der Waals surface area contributed by atoms with Crippen molar-refractivity contribution in [1.29, 1.82) is 0 Å². The first-order valence-corrected chi connectivity index (χ1v) is 9.10. The fourth-order valence-corrected chi connectivity index (χ4v) is 3.80. The molecule has 128 valence electrons. The zero-order valence-corrected chi connectivity index (χ0v) is 15.3. The zero-order chi connectivity index (χ0) is 17.3. The Morgan fingerprint density at radius 3 is 2.46 bits per heavy atom. The van der Waals surface area contributed by atoms with Crippen LogP contribution in [-0.4, -0.2) is 49.9 Å². The first kappa shape index (κ1) is 17.0. The standard InChI is InChI=1S/C17H23N5OS/c1-11(2)14(16(23)21(3)4)24-17-20-19-15(22(17)13-5-6-13)12-7-9-18-10-8-12/h7-11,13-14H,5-6H2,1-4H3/t14-/m0/s1. The summed E-state index contributed by atoms with van der Waals surface area (Å²) >= 11 is 1.53. The minimum Gasteiger partial charge on any atom is -0.348 e. The van der Waals surface area contributed by atoms with Gasteiger partial charge in [0.25, 0.3) is 0 Å². The van der Waals surface area contributed by atoms with E-state index in [4.69, 9.17) is 0 Å². The second-order valence-electron chi connectivity index (χ2n) is 6.66. The van der Waals surface area contributed by atoms with Gasteiger partial charge in [0.05, 0.1) is 5.25 Å². The Morgan fingerprint density at radius 2 is 1.92 bits per heavy atom. The summed E-state index contributed by atoms with van der Waals surface area (Å²) in [5.41, 5.74) is 1.01. The van der Waals surface area contributed by atoms with Crippen molar-refractivity contribution < 1.29 is 4.79 Å². The molecule has 7 heteroatoms. The highest BCUT2D eigenvalue weighted by molar-refractivity contribution is 8.00. The molecule has 1 amide bonds. The number of thioether (sulfide) groups is 1. The fraction of sp³-hybridized carbons (Fsp3) is 0.529. The molecule has 0 aromatic carbocycles. The maximum atomic E-state index is 12.5. The number of amides is 1. The molecular weight excluding hydrogens is 322 g/mol. The molecule has 2 aromatic heterocycles. The van der Waals surface area contributed by atoms with Crippen LogP contribution >= 0.6 is 11.8 Å². The molecule has 0 aliphatic heterocycles. The van der Waals surface area contributed by atoms with E-state index < -0.39 is 0 Å². The van der Waals surface area contributed by atoms with E-state index in [1.54, 1.807) is 31.4 Å². The van der Waals surface area contributed by atoms with Crippen molar-refractivity contribution in [3.8, 4) is 11.4 Å². The molecule has 1 fully saturated rings. The summed E-state index contributed by atoms with van der Waals surface area (Å²) in [6.45, 7) is 4.14. The number of carbonyl (C=O) groups is 1. The predicted octanol–water partition coefficient (Wildman–Crippen LogP) is 2.88. The van der Waals surface area contributed by atoms with Crippen molar-refractivity contribution >= 4 is 17.7 Å². The smallest absolute Gasteiger partial charge is 0.235 e. The Bertz CT molecular complexity index is 709. The third-order valence-corrected chi connectivity index (χ3v) is 5.53. The number of pyridine rings is 1. The largest absolute Gasteiger partial charge is 0.348 e. The summed E-state index contributed by atoms with van der Waals surface area (Å²) < 4.78 is 2.19. The quantitative estimate of drug-likeness (QED) is 0.753. The maximum absolute atomic E-state index is 12.5. The SMILES string of the molecule is CC(C)[C@H](Sc1nnc(-c2ccncc2)n1C1CC1)C(=O)N(C)C. The topological polar surface area (TPSA) is 63.9 Å². The van der Waals surface area contributed by atoms with Crippen molar-refractivity contribution in [2.24, 2.45) is 5.92 Å². The lowest BCUT2D eigenvalue weighted by Gasteiger charge is -2.23. The molecule has 1 aliphatic rings. The lowest BCUT2D eigenvalue weighted by atomic mass is 10.1. The van der Waals surface area contributed by atoms with Crippen LogP contribution < -0.4 is 0 Å². The molecule has 0 spiro atoms. The van der Waals surface area contributed by atoms with Crippen molar-refractivity contribution in [3.63, 3.8) is 0 Å². The van der Waals surface area contributed by atoms with Gasteiger partial charge in [-0.3, -0.25) is 14.3 Å². The van der Waals surface area contributed by atoms with Gasteiger partial charge in [0.15, 0.2) is 11.0 Å². The Kier molecular flexibility index (Phi) is 4.89. The van der Waals surface area contributed by atoms with Gasteiger partial charge >= 0.3 is 0 Å². The van der Waals surface area contributed by atoms with Crippen LogP contribution in [0.1, 0.15) is 32.7 Å². The molecule has 0 N–H and O–H groups in total. The lowest BCUT2D eigenvalue weighted by molar-refractivity contribution is -0.128. The molecule has 2 heterocycles. The van der Waals surface area contributed by atoms with Gasteiger partial charge in [0.1, 0.15) is 0 Å². The van der Waals surface area contributed by atoms with Gasteiger partial charge in [-0.1, -0.05) is 25.6 Å². The first-order chi connectivity index (χ1) is 11.5. The molecule has 24 heavy (non-hydrogen) atoms. The van der Waals surface area contributed by atoms with E-state index in [1.807, 2.05) is 12.1 Å². The van der Waals surface area contributed by atoms with Gasteiger partial charge in [-0.2, -0.15) is 0 Å². The molecule has 6 nitrogen and oxygen atoms in total. The molecular formula is C17H23N5OS. The predicted molar refractivity (Wildman–Crippen MR) is 94.7 cm³/mol. The molecule has 1 saturated carbocycles. The first-order valence-electron chi connectivity index (χ1n) is 8.22. The van der Waals surface area contributed by atoms with E-state index in [0.717, 1.165) is 29.4 Å². The van der Waals surface area contributed by atoms with E-state index in [9.17, 15) is 4.79 Å². The van der Waals surface area contributed by atoms with Crippen molar-refractivity contribution in [1.82, 2.24) is 24.6 Å². The van der Waals surface area contributed by atoms with E-state index in [2.05, 4.69) is 33.6 Å². The molecule has 1 atom stereocenters. The molecule has 0 radical (unpaired) electrons. The summed E-state index contributed by atoms with van der Waals surface area (Å²) in [6, 6.07) is 4.33. The van der Waals surface area contributed by atoms with E-state index >= 15 is 0 Å². The minimum atomic E-state index is -0.160. The highest BCUT2D eigenvalue weighted by Crippen LogP contribution is 2.42. The number of nitrogens with zero attached hydrogens (tertiary/aromatic N) is 5. The monoisotopic (exact) mass is 345 g/mol. The third-order valence-electron chi connectivity index (χ3n) is 4.04. The summed E-state index contributed by atoms with van der Waals surface area (Å²) in [6.07, 6.45) is 5.80. The van der Waals surface area contributed by atoms with E-state index in [0.29, 0.717) is 6.04 Å². The van der Waals surface area contributed by atoms with E-state index in [-0.39, 0.29) is 17.1 Å². The Balaban J connectivity index is 1.94. The highest BCUT2D eigenvalue weighted by atomic mass is 32.2. The molecule has 2 aromatic rings.